The third-order valence-electron chi connectivity index (χ3n) is 2.08. The molecule has 1 heterocycles. The Balaban J connectivity index is 2.16. The minimum atomic E-state index is -0.410. The molecule has 2 rings (SSSR count). The number of halogens is 1. The second kappa shape index (κ2) is 5.36. The molecule has 0 aliphatic carbocycles. The Morgan fingerprint density at radius 1 is 1.56 bits per heavy atom. The zero-order valence-electron chi connectivity index (χ0n) is 8.96. The lowest BCUT2D eigenvalue weighted by atomic mass is 10.2. The number of nitrogens with two attached hydrogens (primary N) is 1. The molecule has 0 saturated heterocycles. The molecule has 9 heteroatoms. The van der Waals surface area contributed by atoms with Gasteiger partial charge in [-0.15, -0.1) is 5.10 Å². The number of hydrogen-bond acceptors (Lipinski definition) is 6. The molecule has 0 spiro atoms. The van der Waals surface area contributed by atoms with Gasteiger partial charge in [-0.2, -0.15) is 4.98 Å². The molecule has 0 bridgehead atoms. The quantitative estimate of drug-likeness (QED) is 0.506. The molecule has 3 N–H and O–H groups in total. The van der Waals surface area contributed by atoms with Crippen molar-refractivity contribution in [3.05, 3.63) is 38.3 Å². The number of aromatic nitrogens is 3. The van der Waals surface area contributed by atoms with Crippen molar-refractivity contribution >= 4 is 39.3 Å². The van der Waals surface area contributed by atoms with Crippen molar-refractivity contribution in [1.29, 1.82) is 0 Å². The van der Waals surface area contributed by atoms with Gasteiger partial charge in [-0.1, -0.05) is 33.8 Å². The number of nitrogen functional groups attached to an aromatic ring is 1. The molecule has 2 aromatic rings. The number of aromatic amines is 1. The van der Waals surface area contributed by atoms with E-state index in [1.165, 1.54) is 17.8 Å². The maximum atomic E-state index is 10.9. The lowest BCUT2D eigenvalue weighted by molar-refractivity contribution is -0.385. The van der Waals surface area contributed by atoms with Crippen LogP contribution in [0.15, 0.2) is 27.8 Å². The van der Waals surface area contributed by atoms with Crippen LogP contribution < -0.4 is 5.73 Å². The van der Waals surface area contributed by atoms with E-state index in [0.717, 1.165) is 0 Å². The molecule has 0 aliphatic rings. The van der Waals surface area contributed by atoms with Crippen molar-refractivity contribution in [3.8, 4) is 0 Å². The van der Waals surface area contributed by atoms with E-state index in [4.69, 9.17) is 5.73 Å². The summed E-state index contributed by atoms with van der Waals surface area (Å²) >= 11 is 4.49. The van der Waals surface area contributed by atoms with Gasteiger partial charge in [0.1, 0.15) is 0 Å². The number of nitrogens with zero attached hydrogens (tertiary/aromatic N) is 3. The number of thioether (sulfide) groups is 1. The van der Waals surface area contributed by atoms with Gasteiger partial charge in [0.2, 0.25) is 11.1 Å². The summed E-state index contributed by atoms with van der Waals surface area (Å²) in [5, 5.41) is 17.7. The minimum absolute atomic E-state index is 0.0698. The molecule has 18 heavy (non-hydrogen) atoms. The largest absolute Gasteiger partial charge is 0.368 e. The van der Waals surface area contributed by atoms with Crippen LogP contribution in [0.5, 0.6) is 0 Å². The summed E-state index contributed by atoms with van der Waals surface area (Å²) in [6.07, 6.45) is 0. The summed E-state index contributed by atoms with van der Waals surface area (Å²) in [7, 11) is 0. The molecule has 94 valence electrons. The maximum Gasteiger partial charge on any atom is 0.274 e. The normalized spacial score (nSPS) is 10.5. The van der Waals surface area contributed by atoms with Gasteiger partial charge in [-0.05, 0) is 6.07 Å². The van der Waals surface area contributed by atoms with E-state index < -0.39 is 4.92 Å². The third-order valence-corrected chi connectivity index (χ3v) is 3.47. The Bertz CT molecular complexity index is 588. The first-order valence-electron chi connectivity index (χ1n) is 4.80. The third kappa shape index (κ3) is 2.99. The predicted octanol–water partition coefficient (Wildman–Crippen LogP) is 2.35. The molecular weight excluding hydrogens is 322 g/mol. The van der Waals surface area contributed by atoms with Gasteiger partial charge < -0.3 is 5.73 Å². The van der Waals surface area contributed by atoms with Crippen LogP contribution in [-0.2, 0) is 5.75 Å². The van der Waals surface area contributed by atoms with Crippen molar-refractivity contribution in [2.24, 2.45) is 0 Å². The molecule has 0 fully saturated rings. The first-order valence-corrected chi connectivity index (χ1v) is 6.57. The fourth-order valence-electron chi connectivity index (χ4n) is 1.29. The maximum absolute atomic E-state index is 10.9. The average Bonchev–Trinajstić information content (AvgIpc) is 2.73. The van der Waals surface area contributed by atoms with Crippen molar-refractivity contribution in [3.63, 3.8) is 0 Å². The number of benzene rings is 1. The van der Waals surface area contributed by atoms with Gasteiger partial charge in [0.25, 0.3) is 5.69 Å². The van der Waals surface area contributed by atoms with Gasteiger partial charge in [0, 0.05) is 21.9 Å². The van der Waals surface area contributed by atoms with Crippen molar-refractivity contribution in [1.82, 2.24) is 15.2 Å². The van der Waals surface area contributed by atoms with E-state index in [2.05, 4.69) is 31.1 Å². The van der Waals surface area contributed by atoms with E-state index in [0.29, 0.717) is 20.9 Å². The average molecular weight is 330 g/mol. The molecule has 0 unspecified atom stereocenters. The van der Waals surface area contributed by atoms with Crippen LogP contribution in [0, 0.1) is 10.1 Å². The molecule has 0 radical (unpaired) electrons. The highest BCUT2D eigenvalue weighted by atomic mass is 79.9. The number of anilines is 1. The molecule has 0 amide bonds. The molecule has 0 saturated carbocycles. The number of nitro benzene ring substituents is 1. The standard InChI is InChI=1S/C9H8BrN5O2S/c10-6-2-1-5(7(3-6)15(16)17)4-18-9-12-8(11)13-14-9/h1-3H,4H2,(H3,11,12,13,14). The first kappa shape index (κ1) is 12.8. The van der Waals surface area contributed by atoms with E-state index in [1.807, 2.05) is 0 Å². The highest BCUT2D eigenvalue weighted by Gasteiger charge is 2.15. The van der Waals surface area contributed by atoms with Crippen LogP contribution in [-0.4, -0.2) is 20.1 Å². The molecular formula is C9H8BrN5O2S. The smallest absolute Gasteiger partial charge is 0.274 e. The number of nitrogens with one attached hydrogen (secondary N) is 1. The molecule has 1 aromatic carbocycles. The number of H-pyrrole nitrogens is 1. The summed E-state index contributed by atoms with van der Waals surface area (Å²) in [5.74, 6) is 0.628. The van der Waals surface area contributed by atoms with Gasteiger partial charge in [-0.25, -0.2) is 5.10 Å². The van der Waals surface area contributed by atoms with E-state index in [9.17, 15) is 10.1 Å². The Hall–Kier alpha value is -1.61. The molecule has 7 nitrogen and oxygen atoms in total. The van der Waals surface area contributed by atoms with E-state index in [-0.39, 0.29) is 11.6 Å². The first-order chi connectivity index (χ1) is 8.56. The van der Waals surface area contributed by atoms with Gasteiger partial charge in [0.05, 0.1) is 4.92 Å². The highest BCUT2D eigenvalue weighted by molar-refractivity contribution is 9.10. The molecule has 0 aliphatic heterocycles. The number of rotatable bonds is 4. The highest BCUT2D eigenvalue weighted by Crippen LogP contribution is 2.28. The fraction of sp³-hybridized carbons (Fsp3) is 0.111. The van der Waals surface area contributed by atoms with Gasteiger partial charge in [-0.3, -0.25) is 10.1 Å². The van der Waals surface area contributed by atoms with Crippen molar-refractivity contribution in [2.75, 3.05) is 5.73 Å². The molecule has 1 aromatic heterocycles. The summed E-state index contributed by atoms with van der Waals surface area (Å²) in [6.45, 7) is 0. The van der Waals surface area contributed by atoms with Crippen molar-refractivity contribution < 1.29 is 4.92 Å². The lowest BCUT2D eigenvalue weighted by Gasteiger charge is -2.01. The van der Waals surface area contributed by atoms with Crippen LogP contribution in [0.25, 0.3) is 0 Å². The SMILES string of the molecule is Nc1nc(SCc2ccc(Br)cc2[N+](=O)[O-])n[nH]1. The summed E-state index contributed by atoms with van der Waals surface area (Å²) < 4.78 is 0.671. The number of nitro groups is 1. The van der Waals surface area contributed by atoms with Crippen molar-refractivity contribution in [2.45, 2.75) is 10.9 Å². The Kier molecular flexibility index (Phi) is 3.82. The van der Waals surface area contributed by atoms with E-state index >= 15 is 0 Å². The van der Waals surface area contributed by atoms with Crippen LogP contribution in [0.1, 0.15) is 5.56 Å². The van der Waals surface area contributed by atoms with Crippen LogP contribution in [0.2, 0.25) is 0 Å². The van der Waals surface area contributed by atoms with Crippen LogP contribution >= 0.6 is 27.7 Å². The van der Waals surface area contributed by atoms with E-state index in [1.54, 1.807) is 12.1 Å². The zero-order valence-corrected chi connectivity index (χ0v) is 11.4. The van der Waals surface area contributed by atoms with Gasteiger partial charge >= 0.3 is 0 Å². The minimum Gasteiger partial charge on any atom is -0.368 e. The summed E-state index contributed by atoms with van der Waals surface area (Å²) in [5.41, 5.74) is 6.07. The van der Waals surface area contributed by atoms with Crippen LogP contribution in [0.4, 0.5) is 11.6 Å². The second-order valence-electron chi connectivity index (χ2n) is 3.32. The Morgan fingerprint density at radius 2 is 2.33 bits per heavy atom. The Labute approximate surface area is 114 Å². The molecule has 0 atom stereocenters. The fourth-order valence-corrected chi connectivity index (χ4v) is 2.44. The van der Waals surface area contributed by atoms with Crippen LogP contribution in [0.3, 0.4) is 0 Å². The summed E-state index contributed by atoms with van der Waals surface area (Å²) in [4.78, 5) is 14.4. The van der Waals surface area contributed by atoms with Gasteiger partial charge in [0.15, 0.2) is 0 Å². The second-order valence-corrected chi connectivity index (χ2v) is 5.18. The zero-order chi connectivity index (χ0) is 13.1. The summed E-state index contributed by atoms with van der Waals surface area (Å²) in [6, 6.07) is 4.93. The monoisotopic (exact) mass is 329 g/mol. The number of hydrogen-bond donors (Lipinski definition) is 2. The topological polar surface area (TPSA) is 111 Å². The predicted molar refractivity (Wildman–Crippen MR) is 71.2 cm³/mol. The lowest BCUT2D eigenvalue weighted by Crippen LogP contribution is -1.94. The Morgan fingerprint density at radius 3 is 2.94 bits per heavy atom.